The molecule has 0 saturated carbocycles. The van der Waals surface area contributed by atoms with Gasteiger partial charge in [-0.05, 0) is 0 Å². The van der Waals surface area contributed by atoms with E-state index < -0.39 is 4.52 Å². The quantitative estimate of drug-likeness (QED) is 0.395. The van der Waals surface area contributed by atoms with Gasteiger partial charge in [0.15, 0.2) is 0 Å². The minimum atomic E-state index is -1.22. The molecular weight excluding hydrogens is 155 g/mol. The SMILES string of the molecule is ClC1(Cl)CCOOO1. The van der Waals surface area contributed by atoms with E-state index in [-0.39, 0.29) is 0 Å². The summed E-state index contributed by atoms with van der Waals surface area (Å²) in [5.74, 6) is 0. The number of alkyl halides is 2. The van der Waals surface area contributed by atoms with Crippen LogP contribution in [0.1, 0.15) is 6.42 Å². The second kappa shape index (κ2) is 2.37. The highest BCUT2D eigenvalue weighted by molar-refractivity contribution is 6.47. The van der Waals surface area contributed by atoms with Crippen LogP contribution in [0.15, 0.2) is 0 Å². The molecule has 48 valence electrons. The summed E-state index contributed by atoms with van der Waals surface area (Å²) in [6.45, 7) is 0.354. The molecule has 1 rings (SSSR count). The van der Waals surface area contributed by atoms with Gasteiger partial charge in [-0.25, -0.2) is 4.89 Å². The zero-order chi connectivity index (χ0) is 6.04. The minimum absolute atomic E-state index is 0.354. The van der Waals surface area contributed by atoms with Crippen molar-refractivity contribution >= 4 is 23.2 Å². The summed E-state index contributed by atoms with van der Waals surface area (Å²) in [7, 11) is 0. The Morgan fingerprint density at radius 2 is 2.12 bits per heavy atom. The number of hydrogen-bond acceptors (Lipinski definition) is 3. The summed E-state index contributed by atoms with van der Waals surface area (Å²) in [4.78, 5) is 8.59. The van der Waals surface area contributed by atoms with Crippen LogP contribution in [-0.2, 0) is 14.8 Å². The van der Waals surface area contributed by atoms with Crippen molar-refractivity contribution in [3.05, 3.63) is 0 Å². The van der Waals surface area contributed by atoms with Gasteiger partial charge in [-0.15, -0.1) is 0 Å². The third-order valence-electron chi connectivity index (χ3n) is 0.680. The molecule has 0 aromatic rings. The Bertz CT molecular complexity index is 76.6. The lowest BCUT2D eigenvalue weighted by atomic mass is 10.5. The van der Waals surface area contributed by atoms with E-state index in [0.29, 0.717) is 13.0 Å². The maximum absolute atomic E-state index is 5.41. The van der Waals surface area contributed by atoms with Crippen molar-refractivity contribution in [2.75, 3.05) is 6.61 Å². The molecule has 3 nitrogen and oxygen atoms in total. The monoisotopic (exact) mass is 158 g/mol. The van der Waals surface area contributed by atoms with Crippen LogP contribution >= 0.6 is 23.2 Å². The van der Waals surface area contributed by atoms with E-state index in [1.165, 1.54) is 0 Å². The molecular formula is C3H4Cl2O3. The van der Waals surface area contributed by atoms with E-state index in [2.05, 4.69) is 14.8 Å². The number of hydrogen-bond donors (Lipinski definition) is 0. The van der Waals surface area contributed by atoms with E-state index in [0.717, 1.165) is 0 Å². The molecule has 8 heavy (non-hydrogen) atoms. The smallest absolute Gasteiger partial charge is 0.206 e. The van der Waals surface area contributed by atoms with Gasteiger partial charge in [-0.3, -0.25) is 0 Å². The lowest BCUT2D eigenvalue weighted by molar-refractivity contribution is -0.546. The van der Waals surface area contributed by atoms with E-state index in [1.807, 2.05) is 0 Å². The maximum atomic E-state index is 5.41. The summed E-state index contributed by atoms with van der Waals surface area (Å²) in [5.41, 5.74) is 0. The molecule has 0 radical (unpaired) electrons. The fraction of sp³-hybridized carbons (Fsp3) is 1.00. The first-order chi connectivity index (χ1) is 3.71. The van der Waals surface area contributed by atoms with Gasteiger partial charge in [0.2, 0.25) is 0 Å². The zero-order valence-electron chi connectivity index (χ0n) is 3.89. The highest BCUT2D eigenvalue weighted by Crippen LogP contribution is 2.29. The Hall–Kier alpha value is 0.460. The van der Waals surface area contributed by atoms with Gasteiger partial charge in [0.05, 0.1) is 6.61 Å². The second-order valence-electron chi connectivity index (χ2n) is 1.36. The van der Waals surface area contributed by atoms with Crippen molar-refractivity contribution in [2.24, 2.45) is 0 Å². The molecule has 0 unspecified atom stereocenters. The molecule has 1 aliphatic heterocycles. The van der Waals surface area contributed by atoms with Crippen molar-refractivity contribution in [1.29, 1.82) is 0 Å². The Morgan fingerprint density at radius 1 is 1.38 bits per heavy atom. The Labute approximate surface area is 56.3 Å². The predicted molar refractivity (Wildman–Crippen MR) is 27.2 cm³/mol. The second-order valence-corrected chi connectivity index (χ2v) is 2.78. The van der Waals surface area contributed by atoms with Crippen LogP contribution in [0.2, 0.25) is 0 Å². The highest BCUT2D eigenvalue weighted by Gasteiger charge is 2.30. The van der Waals surface area contributed by atoms with Gasteiger partial charge in [0.1, 0.15) is 0 Å². The van der Waals surface area contributed by atoms with Crippen molar-refractivity contribution in [3.63, 3.8) is 0 Å². The molecule has 0 amide bonds. The minimum Gasteiger partial charge on any atom is -0.206 e. The lowest BCUT2D eigenvalue weighted by Gasteiger charge is -2.21. The summed E-state index contributed by atoms with van der Waals surface area (Å²) < 4.78 is -1.22. The molecule has 0 aromatic heterocycles. The summed E-state index contributed by atoms with van der Waals surface area (Å²) >= 11 is 10.8. The van der Waals surface area contributed by atoms with Gasteiger partial charge in [0, 0.05) is 6.42 Å². The largest absolute Gasteiger partial charge is 0.255 e. The molecule has 5 heteroatoms. The van der Waals surface area contributed by atoms with E-state index in [1.54, 1.807) is 0 Å². The van der Waals surface area contributed by atoms with Crippen LogP contribution in [0.3, 0.4) is 0 Å². The molecule has 0 atom stereocenters. The molecule has 1 fully saturated rings. The lowest BCUT2D eigenvalue weighted by Crippen LogP contribution is -2.25. The van der Waals surface area contributed by atoms with E-state index in [9.17, 15) is 0 Å². The fourth-order valence-electron chi connectivity index (χ4n) is 0.310. The van der Waals surface area contributed by atoms with E-state index in [4.69, 9.17) is 23.2 Å². The van der Waals surface area contributed by atoms with Gasteiger partial charge < -0.3 is 0 Å². The first-order valence-corrected chi connectivity index (χ1v) is 2.81. The fourth-order valence-corrected chi connectivity index (χ4v) is 0.516. The highest BCUT2D eigenvalue weighted by atomic mass is 35.5. The van der Waals surface area contributed by atoms with Crippen LogP contribution < -0.4 is 0 Å². The molecule has 0 N–H and O–H groups in total. The normalized spacial score (nSPS) is 27.8. The van der Waals surface area contributed by atoms with Gasteiger partial charge in [0.25, 0.3) is 4.52 Å². The van der Waals surface area contributed by atoms with Crippen molar-refractivity contribution in [2.45, 2.75) is 10.9 Å². The predicted octanol–water partition coefficient (Wildman–Crippen LogP) is 1.40. The van der Waals surface area contributed by atoms with Gasteiger partial charge in [-0.1, -0.05) is 28.2 Å². The van der Waals surface area contributed by atoms with Gasteiger partial charge >= 0.3 is 0 Å². The molecule has 0 bridgehead atoms. The van der Waals surface area contributed by atoms with Crippen LogP contribution in [0, 0.1) is 0 Å². The molecule has 1 aliphatic rings. The van der Waals surface area contributed by atoms with Crippen LogP contribution in [0.4, 0.5) is 0 Å². The average molecular weight is 159 g/mol. The van der Waals surface area contributed by atoms with Crippen molar-refractivity contribution < 1.29 is 14.8 Å². The van der Waals surface area contributed by atoms with Crippen molar-refractivity contribution in [3.8, 4) is 0 Å². The molecule has 1 saturated heterocycles. The number of rotatable bonds is 0. The maximum Gasteiger partial charge on any atom is 0.255 e. The summed E-state index contributed by atoms with van der Waals surface area (Å²) in [6, 6.07) is 0. The molecule has 0 aliphatic carbocycles. The third kappa shape index (κ3) is 1.76. The molecule has 0 spiro atoms. The first-order valence-electron chi connectivity index (χ1n) is 2.06. The zero-order valence-corrected chi connectivity index (χ0v) is 5.41. The van der Waals surface area contributed by atoms with Crippen LogP contribution in [0.5, 0.6) is 0 Å². The molecule has 0 aromatic carbocycles. The van der Waals surface area contributed by atoms with Crippen molar-refractivity contribution in [1.82, 2.24) is 0 Å². The third-order valence-corrected chi connectivity index (χ3v) is 1.18. The Morgan fingerprint density at radius 3 is 2.38 bits per heavy atom. The van der Waals surface area contributed by atoms with E-state index >= 15 is 0 Å². The Balaban J connectivity index is 2.33. The average Bonchev–Trinajstić information content (AvgIpc) is 1.65. The Kier molecular flexibility index (Phi) is 1.95. The summed E-state index contributed by atoms with van der Waals surface area (Å²) in [6.07, 6.45) is 0.413. The topological polar surface area (TPSA) is 27.7 Å². The van der Waals surface area contributed by atoms with Gasteiger partial charge in [-0.2, -0.15) is 4.89 Å². The first kappa shape index (κ1) is 6.58. The van der Waals surface area contributed by atoms with Crippen LogP contribution in [-0.4, -0.2) is 11.1 Å². The molecule has 1 heterocycles. The summed E-state index contributed by atoms with van der Waals surface area (Å²) in [5, 5.41) is 4.02. The number of halogens is 2. The standard InChI is InChI=1S/C3H4Cl2O3/c4-3(5)1-2-6-8-7-3/h1-2H2. The van der Waals surface area contributed by atoms with Crippen LogP contribution in [0.25, 0.3) is 0 Å².